The van der Waals surface area contributed by atoms with E-state index in [1.165, 1.54) is 5.56 Å². The largest absolute Gasteiger partial charge is 0.350 e. The van der Waals surface area contributed by atoms with Gasteiger partial charge in [-0.2, -0.15) is 0 Å². The van der Waals surface area contributed by atoms with Gasteiger partial charge in [0.15, 0.2) is 0 Å². The van der Waals surface area contributed by atoms with Crippen molar-refractivity contribution in [3.63, 3.8) is 0 Å². The molecular formula is C21H27N3O2. The minimum atomic E-state index is -0.236. The molecule has 0 radical (unpaired) electrons. The molecule has 0 spiro atoms. The van der Waals surface area contributed by atoms with Crippen LogP contribution in [0.25, 0.3) is 0 Å². The second-order valence-corrected chi connectivity index (χ2v) is 6.89. The summed E-state index contributed by atoms with van der Waals surface area (Å²) in [6.07, 6.45) is 0. The minimum Gasteiger partial charge on any atom is -0.350 e. The van der Waals surface area contributed by atoms with Crippen molar-refractivity contribution in [2.45, 2.75) is 26.9 Å². The first-order valence-corrected chi connectivity index (χ1v) is 8.69. The van der Waals surface area contributed by atoms with Crippen molar-refractivity contribution in [3.05, 3.63) is 70.3 Å². The van der Waals surface area contributed by atoms with E-state index >= 15 is 0 Å². The van der Waals surface area contributed by atoms with E-state index in [9.17, 15) is 9.59 Å². The molecule has 5 nitrogen and oxygen atoms in total. The molecule has 0 fully saturated rings. The average molecular weight is 353 g/mol. The molecule has 0 atom stereocenters. The summed E-state index contributed by atoms with van der Waals surface area (Å²) in [5.41, 5.74) is 4.88. The third-order valence-electron chi connectivity index (χ3n) is 3.90. The fourth-order valence-electron chi connectivity index (χ4n) is 2.76. The van der Waals surface area contributed by atoms with Crippen LogP contribution in [0.4, 0.5) is 0 Å². The Labute approximate surface area is 155 Å². The zero-order valence-corrected chi connectivity index (χ0v) is 15.9. The molecule has 0 saturated heterocycles. The van der Waals surface area contributed by atoms with Gasteiger partial charge in [-0.15, -0.1) is 0 Å². The van der Waals surface area contributed by atoms with E-state index in [1.807, 2.05) is 58.3 Å². The number of nitrogens with one attached hydrogen (secondary N) is 2. The molecule has 0 aliphatic heterocycles. The van der Waals surface area contributed by atoms with E-state index in [2.05, 4.69) is 27.7 Å². The van der Waals surface area contributed by atoms with Gasteiger partial charge in [-0.25, -0.2) is 0 Å². The molecule has 0 bridgehead atoms. The van der Waals surface area contributed by atoms with Crippen molar-refractivity contribution in [1.29, 1.82) is 0 Å². The van der Waals surface area contributed by atoms with Crippen LogP contribution in [0.2, 0.25) is 0 Å². The molecule has 138 valence electrons. The van der Waals surface area contributed by atoms with Crippen LogP contribution in [-0.4, -0.2) is 37.4 Å². The third-order valence-corrected chi connectivity index (χ3v) is 3.90. The van der Waals surface area contributed by atoms with E-state index < -0.39 is 0 Å². The highest BCUT2D eigenvalue weighted by Crippen LogP contribution is 2.08. The van der Waals surface area contributed by atoms with Gasteiger partial charge in [0.1, 0.15) is 0 Å². The summed E-state index contributed by atoms with van der Waals surface area (Å²) >= 11 is 0. The van der Waals surface area contributed by atoms with Crippen LogP contribution in [0.1, 0.15) is 32.6 Å². The molecule has 26 heavy (non-hydrogen) atoms. The Morgan fingerprint density at radius 1 is 0.885 bits per heavy atom. The number of benzene rings is 2. The molecule has 2 aromatic rings. The van der Waals surface area contributed by atoms with Gasteiger partial charge in [0.2, 0.25) is 5.91 Å². The maximum absolute atomic E-state index is 12.2. The van der Waals surface area contributed by atoms with Crippen molar-refractivity contribution in [3.8, 4) is 0 Å². The Morgan fingerprint density at radius 2 is 1.46 bits per heavy atom. The highest BCUT2D eigenvalue weighted by Gasteiger charge is 2.09. The molecule has 0 unspecified atom stereocenters. The summed E-state index contributed by atoms with van der Waals surface area (Å²) in [5, 5.41) is 5.49. The molecule has 2 amide bonds. The van der Waals surface area contributed by atoms with Crippen molar-refractivity contribution < 1.29 is 9.59 Å². The van der Waals surface area contributed by atoms with Crippen LogP contribution in [0.15, 0.2) is 42.5 Å². The number of hydrogen-bond donors (Lipinski definition) is 2. The highest BCUT2D eigenvalue weighted by atomic mass is 16.2. The molecule has 0 aromatic heterocycles. The smallest absolute Gasteiger partial charge is 0.251 e. The van der Waals surface area contributed by atoms with Gasteiger partial charge in [-0.3, -0.25) is 9.59 Å². The van der Waals surface area contributed by atoms with Gasteiger partial charge >= 0.3 is 0 Å². The predicted octanol–water partition coefficient (Wildman–Crippen LogP) is 2.41. The van der Waals surface area contributed by atoms with E-state index in [4.69, 9.17) is 0 Å². The normalized spacial score (nSPS) is 10.7. The highest BCUT2D eigenvalue weighted by molar-refractivity contribution is 5.96. The fraction of sp³-hybridized carbons (Fsp3) is 0.333. The molecule has 0 aliphatic rings. The quantitative estimate of drug-likeness (QED) is 0.804. The van der Waals surface area contributed by atoms with E-state index in [-0.39, 0.29) is 18.4 Å². The lowest BCUT2D eigenvalue weighted by Gasteiger charge is -2.11. The summed E-state index contributed by atoms with van der Waals surface area (Å²) in [4.78, 5) is 26.2. The standard InChI is InChI=1S/C21H27N3O2/c1-15-9-16(2)11-19(10-15)21(26)23-13-20(25)22-12-17-5-7-18(8-6-17)14-24(3)4/h5-11H,12-14H2,1-4H3,(H,22,25)(H,23,26). The van der Waals surface area contributed by atoms with Gasteiger partial charge in [-0.05, 0) is 51.2 Å². The van der Waals surface area contributed by atoms with Crippen molar-refractivity contribution in [2.75, 3.05) is 20.6 Å². The van der Waals surface area contributed by atoms with E-state index in [1.54, 1.807) is 0 Å². The summed E-state index contributed by atoms with van der Waals surface area (Å²) in [6.45, 7) is 5.18. The van der Waals surface area contributed by atoms with Gasteiger partial charge in [0, 0.05) is 18.7 Å². The SMILES string of the molecule is Cc1cc(C)cc(C(=O)NCC(=O)NCc2ccc(CN(C)C)cc2)c1. The maximum Gasteiger partial charge on any atom is 0.251 e. The summed E-state index contributed by atoms with van der Waals surface area (Å²) in [7, 11) is 4.06. The lowest BCUT2D eigenvalue weighted by atomic mass is 10.1. The number of nitrogens with zero attached hydrogens (tertiary/aromatic N) is 1. The number of carbonyl (C=O) groups excluding carboxylic acids is 2. The monoisotopic (exact) mass is 353 g/mol. The van der Waals surface area contributed by atoms with E-state index in [0.717, 1.165) is 23.2 Å². The summed E-state index contributed by atoms with van der Waals surface area (Å²) < 4.78 is 0. The average Bonchev–Trinajstić information content (AvgIpc) is 2.57. The Bertz CT molecular complexity index is 747. The second kappa shape index (κ2) is 9.15. The number of amides is 2. The van der Waals surface area contributed by atoms with Gasteiger partial charge in [0.25, 0.3) is 5.91 Å². The third kappa shape index (κ3) is 6.33. The van der Waals surface area contributed by atoms with Gasteiger partial charge < -0.3 is 15.5 Å². The summed E-state index contributed by atoms with van der Waals surface area (Å²) in [5.74, 6) is -0.444. The van der Waals surface area contributed by atoms with Gasteiger partial charge in [0.05, 0.1) is 6.54 Å². The fourth-order valence-corrected chi connectivity index (χ4v) is 2.76. The topological polar surface area (TPSA) is 61.4 Å². The van der Waals surface area contributed by atoms with Crippen LogP contribution in [0.3, 0.4) is 0 Å². The molecule has 0 heterocycles. The zero-order chi connectivity index (χ0) is 19.1. The molecule has 2 N–H and O–H groups in total. The number of hydrogen-bond acceptors (Lipinski definition) is 3. The minimum absolute atomic E-state index is 0.0372. The Morgan fingerprint density at radius 3 is 2.04 bits per heavy atom. The van der Waals surface area contributed by atoms with E-state index in [0.29, 0.717) is 12.1 Å². The Hall–Kier alpha value is -2.66. The number of aryl methyl sites for hydroxylation is 2. The molecule has 2 rings (SSSR count). The van der Waals surface area contributed by atoms with Crippen LogP contribution < -0.4 is 10.6 Å². The lowest BCUT2D eigenvalue weighted by Crippen LogP contribution is -2.36. The molecule has 0 saturated carbocycles. The van der Waals surface area contributed by atoms with Crippen LogP contribution in [0.5, 0.6) is 0 Å². The molecule has 0 aliphatic carbocycles. The van der Waals surface area contributed by atoms with Crippen LogP contribution in [-0.2, 0) is 17.9 Å². The van der Waals surface area contributed by atoms with Crippen LogP contribution >= 0.6 is 0 Å². The predicted molar refractivity (Wildman–Crippen MR) is 104 cm³/mol. The van der Waals surface area contributed by atoms with Crippen LogP contribution in [0, 0.1) is 13.8 Å². The first-order chi connectivity index (χ1) is 12.3. The number of carbonyl (C=O) groups is 2. The van der Waals surface area contributed by atoms with Gasteiger partial charge in [-0.1, -0.05) is 41.5 Å². The lowest BCUT2D eigenvalue weighted by molar-refractivity contribution is -0.120. The maximum atomic E-state index is 12.2. The molecular weight excluding hydrogens is 326 g/mol. The molecule has 5 heteroatoms. The Balaban J connectivity index is 1.79. The van der Waals surface area contributed by atoms with Crippen molar-refractivity contribution >= 4 is 11.8 Å². The zero-order valence-electron chi connectivity index (χ0n) is 15.9. The first kappa shape index (κ1) is 19.7. The first-order valence-electron chi connectivity index (χ1n) is 8.69. The van der Waals surface area contributed by atoms with Crippen molar-refractivity contribution in [1.82, 2.24) is 15.5 Å². The summed E-state index contributed by atoms with van der Waals surface area (Å²) in [6, 6.07) is 13.8. The Kier molecular flexibility index (Phi) is 6.92. The van der Waals surface area contributed by atoms with Crippen molar-refractivity contribution in [2.24, 2.45) is 0 Å². The second-order valence-electron chi connectivity index (χ2n) is 6.89. The number of rotatable bonds is 7. The molecule has 2 aromatic carbocycles.